The minimum absolute atomic E-state index is 0.0431. The van der Waals surface area contributed by atoms with Crippen LogP contribution in [0, 0.1) is 5.92 Å². The lowest BCUT2D eigenvalue weighted by Crippen LogP contribution is -2.13. The number of carbonyl (C=O) groups is 2. The third-order valence-corrected chi connectivity index (χ3v) is 10.3. The van der Waals surface area contributed by atoms with Gasteiger partial charge in [-0.05, 0) is 128 Å². The van der Waals surface area contributed by atoms with Gasteiger partial charge in [0.05, 0.1) is 44.2 Å². The van der Waals surface area contributed by atoms with Crippen molar-refractivity contribution in [1.82, 2.24) is 0 Å². The van der Waals surface area contributed by atoms with Crippen molar-refractivity contribution in [2.24, 2.45) is 5.92 Å². The number of rotatable bonds is 26. The van der Waals surface area contributed by atoms with Crippen molar-refractivity contribution in [3.63, 3.8) is 0 Å². The van der Waals surface area contributed by atoms with Crippen molar-refractivity contribution in [2.45, 2.75) is 116 Å². The number of ether oxygens (including phenoxy) is 5. The van der Waals surface area contributed by atoms with Crippen molar-refractivity contribution in [3.05, 3.63) is 76.9 Å². The molecule has 8 heteroatoms. The Bertz CT molecular complexity index is 1440. The highest BCUT2D eigenvalue weighted by Gasteiger charge is 2.23. The number of aliphatic hydroxyl groups is 1. The summed E-state index contributed by atoms with van der Waals surface area (Å²) in [6.07, 6.45) is 15.8. The molecule has 0 unspecified atom stereocenters. The summed E-state index contributed by atoms with van der Waals surface area (Å²) in [6, 6.07) is 11.7. The molecule has 1 aliphatic carbocycles. The number of benzene rings is 2. The largest absolute Gasteiger partial charge is 0.493 e. The van der Waals surface area contributed by atoms with Crippen molar-refractivity contribution in [1.29, 1.82) is 0 Å². The summed E-state index contributed by atoms with van der Waals surface area (Å²) in [5, 5.41) is 9.11. The number of carbonyl (C=O) groups excluding carboxylic acids is 2. The molecule has 3 rings (SSSR count). The average Bonchev–Trinajstić information content (AvgIpc) is 3.18. The molecule has 0 atom stereocenters. The van der Waals surface area contributed by atoms with Crippen LogP contribution in [0.3, 0.4) is 0 Å². The van der Waals surface area contributed by atoms with Gasteiger partial charge in [0, 0.05) is 20.8 Å². The average molecular weight is 735 g/mol. The number of methoxy groups -OCH3 is 2. The van der Waals surface area contributed by atoms with Crippen molar-refractivity contribution in [2.75, 3.05) is 53.9 Å². The molecule has 1 aliphatic rings. The van der Waals surface area contributed by atoms with Gasteiger partial charge in [-0.25, -0.2) is 9.59 Å². The zero-order valence-corrected chi connectivity index (χ0v) is 33.1. The monoisotopic (exact) mass is 734 g/mol. The number of esters is 2. The Kier molecular flexibility index (Phi) is 20.5. The number of hydrogen-bond donors (Lipinski definition) is 1. The first-order chi connectivity index (χ1) is 25.8. The molecule has 0 bridgehead atoms. The van der Waals surface area contributed by atoms with Crippen LogP contribution in [0.2, 0.25) is 0 Å². The quantitative estimate of drug-likeness (QED) is 0.0580. The topological polar surface area (TPSA) is 101 Å². The van der Waals surface area contributed by atoms with E-state index in [1.807, 2.05) is 0 Å². The molecule has 53 heavy (non-hydrogen) atoms. The van der Waals surface area contributed by atoms with Crippen molar-refractivity contribution >= 4 is 11.9 Å². The van der Waals surface area contributed by atoms with Gasteiger partial charge in [-0.1, -0.05) is 70.9 Å². The van der Waals surface area contributed by atoms with Gasteiger partial charge >= 0.3 is 11.9 Å². The fourth-order valence-electron chi connectivity index (χ4n) is 7.26. The molecular formula is C45H66O8. The van der Waals surface area contributed by atoms with Crippen molar-refractivity contribution in [3.8, 4) is 16.9 Å². The lowest BCUT2D eigenvalue weighted by Gasteiger charge is -2.29. The predicted molar refractivity (Wildman–Crippen MR) is 213 cm³/mol. The molecule has 1 N–H and O–H groups in total. The molecule has 1 fully saturated rings. The second-order valence-corrected chi connectivity index (χ2v) is 14.4. The molecule has 0 saturated heterocycles. The predicted octanol–water partition coefficient (Wildman–Crippen LogP) is 9.28. The van der Waals surface area contributed by atoms with Crippen LogP contribution in [-0.2, 0) is 47.8 Å². The number of aliphatic hydroxyl groups excluding tert-OH is 1. The third kappa shape index (κ3) is 14.7. The van der Waals surface area contributed by atoms with E-state index in [-0.39, 0.29) is 25.4 Å². The van der Waals surface area contributed by atoms with E-state index in [0.717, 1.165) is 42.1 Å². The maximum absolute atomic E-state index is 12.4. The highest BCUT2D eigenvalue weighted by atomic mass is 16.5. The van der Waals surface area contributed by atoms with Crippen molar-refractivity contribution < 1.29 is 38.4 Å². The summed E-state index contributed by atoms with van der Waals surface area (Å²) >= 11 is 0. The first kappa shape index (κ1) is 43.9. The van der Waals surface area contributed by atoms with E-state index in [4.69, 9.17) is 28.8 Å². The minimum atomic E-state index is -0.581. The molecule has 2 aromatic carbocycles. The molecule has 0 aromatic heterocycles. The number of unbranched alkanes of at least 4 members (excludes halogenated alkanes) is 3. The Hall–Kier alpha value is -3.46. The molecule has 0 radical (unpaired) electrons. The highest BCUT2D eigenvalue weighted by molar-refractivity contribution is 5.88. The van der Waals surface area contributed by atoms with Crippen LogP contribution in [0.1, 0.15) is 119 Å². The van der Waals surface area contributed by atoms with Gasteiger partial charge in [-0.3, -0.25) is 0 Å². The van der Waals surface area contributed by atoms with Crippen LogP contribution in [0.4, 0.5) is 0 Å². The molecule has 0 amide bonds. The summed E-state index contributed by atoms with van der Waals surface area (Å²) in [5.41, 5.74) is 7.78. The molecule has 2 aromatic rings. The summed E-state index contributed by atoms with van der Waals surface area (Å²) in [7, 11) is 3.24. The van der Waals surface area contributed by atoms with E-state index in [1.54, 1.807) is 7.11 Å². The lowest BCUT2D eigenvalue weighted by molar-refractivity contribution is -0.140. The van der Waals surface area contributed by atoms with Crippen LogP contribution in [0.5, 0.6) is 5.75 Å². The van der Waals surface area contributed by atoms with Gasteiger partial charge in [-0.2, -0.15) is 0 Å². The SMILES string of the molecule is C=C(CO)C(=O)OCCCCOc1c(CCCOC)cc(-c2ccc(C3CCC(CCCCC)CC3)cc2CC)cc1CCCOC(=O)C(=C)COC. The van der Waals surface area contributed by atoms with E-state index in [2.05, 4.69) is 57.3 Å². The second-order valence-electron chi connectivity index (χ2n) is 14.4. The minimum Gasteiger partial charge on any atom is -0.493 e. The standard InChI is InChI=1S/C45H66O8/c1-7-9-10-15-35-18-20-37(21-19-35)38-22-23-42(36(8-2)28-38)41-29-39(16-13-24-49-5)43(51-25-11-12-26-52-44(47)33(3)31-46)40(30-41)17-14-27-53-45(48)34(4)32-50-6/h22-23,28-30,35,37,46H,3-4,7-21,24-27,31-32H2,1-2,5-6H3. The zero-order valence-electron chi connectivity index (χ0n) is 33.1. The molecule has 0 heterocycles. The van der Waals surface area contributed by atoms with E-state index in [0.29, 0.717) is 50.4 Å². The molecule has 0 aliphatic heterocycles. The second kappa shape index (κ2) is 24.8. The maximum atomic E-state index is 12.4. The molecular weight excluding hydrogens is 668 g/mol. The lowest BCUT2D eigenvalue weighted by atomic mass is 9.76. The van der Waals surface area contributed by atoms with Gasteiger partial charge in [0.1, 0.15) is 5.75 Å². The van der Waals surface area contributed by atoms with E-state index in [1.165, 1.54) is 80.7 Å². The van der Waals surface area contributed by atoms with Gasteiger partial charge in [-0.15, -0.1) is 0 Å². The maximum Gasteiger partial charge on any atom is 0.335 e. The molecule has 294 valence electrons. The van der Waals surface area contributed by atoms with Gasteiger partial charge in [0.15, 0.2) is 0 Å². The highest BCUT2D eigenvalue weighted by Crippen LogP contribution is 2.40. The molecule has 0 spiro atoms. The van der Waals surface area contributed by atoms with Crippen LogP contribution in [-0.4, -0.2) is 70.9 Å². The van der Waals surface area contributed by atoms with E-state index in [9.17, 15) is 9.59 Å². The van der Waals surface area contributed by atoms with Crippen LogP contribution >= 0.6 is 0 Å². The van der Waals surface area contributed by atoms with Crippen LogP contribution < -0.4 is 4.74 Å². The normalized spacial score (nSPS) is 15.6. The summed E-state index contributed by atoms with van der Waals surface area (Å²) < 4.78 is 27.7. The summed E-state index contributed by atoms with van der Waals surface area (Å²) in [4.78, 5) is 24.2. The Morgan fingerprint density at radius 2 is 1.38 bits per heavy atom. The Morgan fingerprint density at radius 1 is 0.736 bits per heavy atom. The third-order valence-electron chi connectivity index (χ3n) is 10.3. The Morgan fingerprint density at radius 3 is 2.00 bits per heavy atom. The van der Waals surface area contributed by atoms with Gasteiger partial charge in [0.25, 0.3) is 0 Å². The fourth-order valence-corrected chi connectivity index (χ4v) is 7.26. The van der Waals surface area contributed by atoms with Crippen LogP contribution in [0.25, 0.3) is 11.1 Å². The zero-order chi connectivity index (χ0) is 38.4. The van der Waals surface area contributed by atoms with Crippen LogP contribution in [0.15, 0.2) is 54.6 Å². The fraction of sp³-hybridized carbons (Fsp3) is 0.600. The first-order valence-corrected chi connectivity index (χ1v) is 20.0. The molecule has 8 nitrogen and oxygen atoms in total. The van der Waals surface area contributed by atoms with E-state index < -0.39 is 18.5 Å². The smallest absolute Gasteiger partial charge is 0.335 e. The first-order valence-electron chi connectivity index (χ1n) is 20.0. The summed E-state index contributed by atoms with van der Waals surface area (Å²) in [5.74, 6) is 1.35. The molecule has 1 saturated carbocycles. The number of aryl methyl sites for hydroxylation is 3. The number of hydrogen-bond acceptors (Lipinski definition) is 8. The Labute approximate surface area is 319 Å². The van der Waals surface area contributed by atoms with E-state index >= 15 is 0 Å². The summed E-state index contributed by atoms with van der Waals surface area (Å²) in [6.45, 7) is 13.1. The van der Waals surface area contributed by atoms with Gasteiger partial charge < -0.3 is 28.8 Å². The Balaban J connectivity index is 1.85. The van der Waals surface area contributed by atoms with Gasteiger partial charge in [0.2, 0.25) is 0 Å².